The molecule has 1 aromatic carbocycles. The molecule has 2 saturated heterocycles. The first kappa shape index (κ1) is 11.1. The Kier molecular flexibility index (Phi) is 2.84. The van der Waals surface area contributed by atoms with Crippen LogP contribution in [0, 0.1) is 17.6 Å². The highest BCUT2D eigenvalue weighted by Gasteiger charge is 2.37. The van der Waals surface area contributed by atoms with E-state index >= 15 is 0 Å². The van der Waals surface area contributed by atoms with E-state index in [1.54, 1.807) is 6.07 Å². The number of nitrogens with one attached hydrogen (secondary N) is 1. The van der Waals surface area contributed by atoms with Crippen molar-refractivity contribution < 1.29 is 8.78 Å². The highest BCUT2D eigenvalue weighted by Crippen LogP contribution is 2.28. The summed E-state index contributed by atoms with van der Waals surface area (Å²) >= 11 is 0. The summed E-state index contributed by atoms with van der Waals surface area (Å²) in [7, 11) is 0. The molecule has 0 bridgehead atoms. The summed E-state index contributed by atoms with van der Waals surface area (Å²) in [6, 6.07) is 4.77. The van der Waals surface area contributed by atoms with Crippen LogP contribution in [0.2, 0.25) is 0 Å². The second kappa shape index (κ2) is 4.35. The van der Waals surface area contributed by atoms with Crippen LogP contribution in [-0.2, 0) is 6.54 Å². The van der Waals surface area contributed by atoms with E-state index in [1.165, 1.54) is 18.6 Å². The number of likely N-dealkylation sites (tertiary alicyclic amines) is 1. The van der Waals surface area contributed by atoms with Gasteiger partial charge in [0.25, 0.3) is 0 Å². The second-order valence-corrected chi connectivity index (χ2v) is 4.99. The number of halogens is 2. The van der Waals surface area contributed by atoms with Crippen molar-refractivity contribution in [1.29, 1.82) is 0 Å². The van der Waals surface area contributed by atoms with Gasteiger partial charge in [0.1, 0.15) is 0 Å². The number of hydrogen-bond donors (Lipinski definition) is 1. The molecular weight excluding hydrogens is 222 g/mol. The molecule has 2 aliphatic heterocycles. The normalized spacial score (nSPS) is 28.6. The number of hydrogen-bond acceptors (Lipinski definition) is 2. The monoisotopic (exact) mass is 238 g/mol. The molecule has 0 aromatic heterocycles. The molecule has 0 unspecified atom stereocenters. The molecule has 92 valence electrons. The summed E-state index contributed by atoms with van der Waals surface area (Å²) in [6.45, 7) is 3.91. The lowest BCUT2D eigenvalue weighted by Crippen LogP contribution is -2.33. The van der Waals surface area contributed by atoms with E-state index in [0.29, 0.717) is 6.04 Å². The Morgan fingerprint density at radius 1 is 1.24 bits per heavy atom. The standard InChI is InChI=1S/C13H16F2N2/c14-11-2-1-9(5-12(11)15)8-17-4-3-10-6-16-7-13(10)17/h1-2,5,10,13,16H,3-4,6-8H2/t10-,13+/m1/s1. The minimum absolute atomic E-state index is 0.572. The third-order valence-electron chi connectivity index (χ3n) is 3.93. The van der Waals surface area contributed by atoms with E-state index in [9.17, 15) is 8.78 Å². The molecule has 2 heterocycles. The predicted molar refractivity (Wildman–Crippen MR) is 61.5 cm³/mol. The van der Waals surface area contributed by atoms with Crippen molar-refractivity contribution in [2.45, 2.75) is 19.0 Å². The fourth-order valence-electron chi connectivity index (χ4n) is 3.01. The second-order valence-electron chi connectivity index (χ2n) is 4.99. The molecular formula is C13H16F2N2. The van der Waals surface area contributed by atoms with Gasteiger partial charge in [0.15, 0.2) is 11.6 Å². The van der Waals surface area contributed by atoms with Gasteiger partial charge < -0.3 is 5.32 Å². The number of nitrogens with zero attached hydrogens (tertiary/aromatic N) is 1. The van der Waals surface area contributed by atoms with Crippen molar-refractivity contribution in [3.8, 4) is 0 Å². The maximum Gasteiger partial charge on any atom is 0.159 e. The van der Waals surface area contributed by atoms with Crippen LogP contribution in [0.3, 0.4) is 0 Å². The van der Waals surface area contributed by atoms with Crippen LogP contribution in [0.25, 0.3) is 0 Å². The molecule has 0 aliphatic carbocycles. The summed E-state index contributed by atoms with van der Waals surface area (Å²) in [5, 5.41) is 3.38. The van der Waals surface area contributed by atoms with Crippen LogP contribution < -0.4 is 5.32 Å². The lowest BCUT2D eigenvalue weighted by molar-refractivity contribution is 0.243. The van der Waals surface area contributed by atoms with E-state index < -0.39 is 11.6 Å². The third-order valence-corrected chi connectivity index (χ3v) is 3.93. The average molecular weight is 238 g/mol. The Labute approximate surface area is 99.6 Å². The molecule has 2 fully saturated rings. The van der Waals surface area contributed by atoms with Gasteiger partial charge in [-0.1, -0.05) is 6.07 Å². The topological polar surface area (TPSA) is 15.3 Å². The first-order chi connectivity index (χ1) is 8.24. The molecule has 1 aromatic rings. The quantitative estimate of drug-likeness (QED) is 0.844. The molecule has 0 saturated carbocycles. The molecule has 0 spiro atoms. The Balaban J connectivity index is 1.72. The van der Waals surface area contributed by atoms with Gasteiger partial charge in [-0.3, -0.25) is 4.90 Å². The SMILES string of the molecule is Fc1ccc(CN2CC[C@@H]3CNC[C@@H]32)cc1F. The summed E-state index contributed by atoms with van der Waals surface area (Å²) < 4.78 is 25.9. The van der Waals surface area contributed by atoms with Gasteiger partial charge in [0, 0.05) is 19.1 Å². The van der Waals surface area contributed by atoms with E-state index in [1.807, 2.05) is 0 Å². The fourth-order valence-corrected chi connectivity index (χ4v) is 3.01. The third kappa shape index (κ3) is 2.07. The van der Waals surface area contributed by atoms with Crippen molar-refractivity contribution in [1.82, 2.24) is 10.2 Å². The van der Waals surface area contributed by atoms with Crippen molar-refractivity contribution in [3.05, 3.63) is 35.4 Å². The molecule has 2 nitrogen and oxygen atoms in total. The molecule has 2 atom stereocenters. The first-order valence-corrected chi connectivity index (χ1v) is 6.13. The molecule has 3 rings (SSSR count). The van der Waals surface area contributed by atoms with E-state index in [-0.39, 0.29) is 0 Å². The van der Waals surface area contributed by atoms with Gasteiger partial charge in [-0.25, -0.2) is 8.78 Å². The van der Waals surface area contributed by atoms with Gasteiger partial charge in [0.2, 0.25) is 0 Å². The molecule has 4 heteroatoms. The van der Waals surface area contributed by atoms with Crippen molar-refractivity contribution >= 4 is 0 Å². The lowest BCUT2D eigenvalue weighted by atomic mass is 10.0. The summed E-state index contributed by atoms with van der Waals surface area (Å²) in [5.74, 6) is -0.779. The lowest BCUT2D eigenvalue weighted by Gasteiger charge is -2.23. The van der Waals surface area contributed by atoms with E-state index in [0.717, 1.165) is 37.7 Å². The van der Waals surface area contributed by atoms with Crippen LogP contribution in [0.15, 0.2) is 18.2 Å². The summed E-state index contributed by atoms with van der Waals surface area (Å²) in [4.78, 5) is 2.37. The highest BCUT2D eigenvalue weighted by molar-refractivity contribution is 5.18. The van der Waals surface area contributed by atoms with Gasteiger partial charge in [-0.05, 0) is 43.1 Å². The zero-order valence-electron chi connectivity index (χ0n) is 9.63. The Bertz CT molecular complexity index is 422. The Hall–Kier alpha value is -1.00. The zero-order valence-corrected chi connectivity index (χ0v) is 9.63. The van der Waals surface area contributed by atoms with Crippen LogP contribution in [0.4, 0.5) is 8.78 Å². The molecule has 0 amide bonds. The van der Waals surface area contributed by atoms with Crippen molar-refractivity contribution in [2.24, 2.45) is 5.92 Å². The molecule has 2 aliphatic rings. The van der Waals surface area contributed by atoms with Crippen LogP contribution >= 0.6 is 0 Å². The van der Waals surface area contributed by atoms with Gasteiger partial charge in [0.05, 0.1) is 0 Å². The van der Waals surface area contributed by atoms with Crippen molar-refractivity contribution in [3.63, 3.8) is 0 Å². The highest BCUT2D eigenvalue weighted by atomic mass is 19.2. The van der Waals surface area contributed by atoms with Crippen LogP contribution in [0.5, 0.6) is 0 Å². The number of benzene rings is 1. The molecule has 1 N–H and O–H groups in total. The largest absolute Gasteiger partial charge is 0.315 e. The summed E-state index contributed by atoms with van der Waals surface area (Å²) in [6.07, 6.45) is 1.21. The van der Waals surface area contributed by atoms with Gasteiger partial charge >= 0.3 is 0 Å². The number of fused-ring (bicyclic) bond motifs is 1. The van der Waals surface area contributed by atoms with E-state index in [2.05, 4.69) is 10.2 Å². The van der Waals surface area contributed by atoms with E-state index in [4.69, 9.17) is 0 Å². The maximum absolute atomic E-state index is 13.1. The smallest absolute Gasteiger partial charge is 0.159 e. The first-order valence-electron chi connectivity index (χ1n) is 6.13. The maximum atomic E-state index is 13.1. The summed E-state index contributed by atoms with van der Waals surface area (Å²) in [5.41, 5.74) is 0.858. The fraction of sp³-hybridized carbons (Fsp3) is 0.538. The minimum atomic E-state index is -0.768. The Morgan fingerprint density at radius 2 is 2.12 bits per heavy atom. The van der Waals surface area contributed by atoms with Crippen LogP contribution in [0.1, 0.15) is 12.0 Å². The minimum Gasteiger partial charge on any atom is -0.315 e. The zero-order chi connectivity index (χ0) is 11.8. The molecule has 0 radical (unpaired) electrons. The van der Waals surface area contributed by atoms with Gasteiger partial charge in [-0.15, -0.1) is 0 Å². The Morgan fingerprint density at radius 3 is 2.94 bits per heavy atom. The van der Waals surface area contributed by atoms with Crippen LogP contribution in [-0.4, -0.2) is 30.6 Å². The molecule has 17 heavy (non-hydrogen) atoms. The number of rotatable bonds is 2. The average Bonchev–Trinajstić information content (AvgIpc) is 2.88. The predicted octanol–water partition coefficient (Wildman–Crippen LogP) is 1.76. The van der Waals surface area contributed by atoms with Gasteiger partial charge in [-0.2, -0.15) is 0 Å². The van der Waals surface area contributed by atoms with Crippen molar-refractivity contribution in [2.75, 3.05) is 19.6 Å².